The highest BCUT2D eigenvalue weighted by Gasteiger charge is 1.98. The van der Waals surface area contributed by atoms with E-state index in [2.05, 4.69) is 11.8 Å². The lowest BCUT2D eigenvalue weighted by atomic mass is 10.0. The first-order valence-electron chi connectivity index (χ1n) is 8.76. The smallest absolute Gasteiger partial charge is 0.339 e. The van der Waals surface area contributed by atoms with Crippen molar-refractivity contribution >= 4 is 5.97 Å². The summed E-state index contributed by atoms with van der Waals surface area (Å²) in [6.07, 6.45) is 8.29. The molecule has 0 heterocycles. The van der Waals surface area contributed by atoms with E-state index in [0.29, 0.717) is 5.75 Å². The fraction of sp³-hybridized carbons (Fsp3) is 0.632. The molecule has 25 heavy (non-hydrogen) atoms. The highest BCUT2D eigenvalue weighted by molar-refractivity contribution is 5.64. The van der Waals surface area contributed by atoms with E-state index in [1.54, 1.807) is 6.07 Å². The van der Waals surface area contributed by atoms with Crippen LogP contribution in [0, 0.1) is 0 Å². The van der Waals surface area contributed by atoms with Crippen molar-refractivity contribution in [3.63, 3.8) is 0 Å². The molecular formula is C19H34O6. The van der Waals surface area contributed by atoms with Crippen molar-refractivity contribution in [2.24, 2.45) is 0 Å². The molecule has 0 aromatic heterocycles. The Hall–Kier alpha value is -1.63. The van der Waals surface area contributed by atoms with Crippen molar-refractivity contribution in [2.45, 2.75) is 71.8 Å². The Morgan fingerprint density at radius 3 is 2.04 bits per heavy atom. The number of aliphatic hydroxyl groups excluding tert-OH is 2. The van der Waals surface area contributed by atoms with Crippen LogP contribution in [0.25, 0.3) is 0 Å². The van der Waals surface area contributed by atoms with E-state index in [0.717, 1.165) is 18.9 Å². The maximum Gasteiger partial charge on any atom is 0.339 e. The highest BCUT2D eigenvalue weighted by Crippen LogP contribution is 2.18. The molecule has 6 nitrogen and oxygen atoms in total. The predicted molar refractivity (Wildman–Crippen MR) is 98.3 cm³/mol. The van der Waals surface area contributed by atoms with Crippen LogP contribution in [0.3, 0.4) is 0 Å². The molecule has 4 N–H and O–H groups in total. The third kappa shape index (κ3) is 20.3. The van der Waals surface area contributed by atoms with Crippen LogP contribution < -0.4 is 0 Å². The second kappa shape index (κ2) is 18.7. The number of para-hydroxylation sites is 1. The van der Waals surface area contributed by atoms with Crippen molar-refractivity contribution in [2.75, 3.05) is 6.61 Å². The molecule has 1 aromatic rings. The molecule has 0 saturated carbocycles. The molecule has 0 spiro atoms. The fourth-order valence-corrected chi connectivity index (χ4v) is 1.82. The summed E-state index contributed by atoms with van der Waals surface area (Å²) in [7, 11) is 0. The summed E-state index contributed by atoms with van der Waals surface area (Å²) < 4.78 is 0. The maximum atomic E-state index is 9.55. The molecule has 0 saturated heterocycles. The fourth-order valence-electron chi connectivity index (χ4n) is 1.82. The van der Waals surface area contributed by atoms with Crippen LogP contribution >= 0.6 is 0 Å². The zero-order valence-electron chi connectivity index (χ0n) is 15.6. The molecule has 0 aliphatic heterocycles. The van der Waals surface area contributed by atoms with Crippen molar-refractivity contribution in [1.29, 1.82) is 0 Å². The number of hydrogen-bond donors (Lipinski definition) is 4. The molecule has 0 aliphatic carbocycles. The molecule has 1 aromatic carbocycles. The quantitative estimate of drug-likeness (QED) is 0.321. The molecule has 146 valence electrons. The summed E-state index contributed by atoms with van der Waals surface area (Å²) in [5.41, 5.74) is 1.09. The highest BCUT2D eigenvalue weighted by atomic mass is 17.1. The Labute approximate surface area is 151 Å². The Morgan fingerprint density at radius 2 is 1.60 bits per heavy atom. The first kappa shape index (κ1) is 25.6. The molecule has 0 bridgehead atoms. The second-order valence-electron chi connectivity index (χ2n) is 5.76. The van der Waals surface area contributed by atoms with E-state index in [4.69, 9.17) is 15.5 Å². The van der Waals surface area contributed by atoms with Gasteiger partial charge in [0.25, 0.3) is 0 Å². The molecule has 1 atom stereocenters. The number of phenols is 1. The van der Waals surface area contributed by atoms with Gasteiger partial charge in [-0.25, -0.2) is 4.79 Å². The number of benzene rings is 1. The van der Waals surface area contributed by atoms with Crippen LogP contribution in [0.15, 0.2) is 24.3 Å². The Bertz CT molecular complexity index is 420. The lowest BCUT2D eigenvalue weighted by Gasteiger charge is -2.03. The summed E-state index contributed by atoms with van der Waals surface area (Å²) in [4.78, 5) is 12.5. The number of hydrogen-bond acceptors (Lipinski definition) is 6. The number of carbonyl (C=O) groups is 1. The number of carbonyl (C=O) groups excluding carboxylic acids is 1. The molecule has 0 amide bonds. The lowest BCUT2D eigenvalue weighted by molar-refractivity contribution is -0.231. The Balaban J connectivity index is 0. The first-order chi connectivity index (χ1) is 11.9. The van der Waals surface area contributed by atoms with Gasteiger partial charge in [0.05, 0.1) is 12.7 Å². The Kier molecular flexibility index (Phi) is 19.2. The summed E-state index contributed by atoms with van der Waals surface area (Å²) >= 11 is 0. The minimum absolute atomic E-state index is 0.139. The van der Waals surface area contributed by atoms with Gasteiger partial charge < -0.3 is 20.2 Å². The average Bonchev–Trinajstić information content (AvgIpc) is 2.60. The monoisotopic (exact) mass is 358 g/mol. The van der Waals surface area contributed by atoms with Crippen LogP contribution in [0.5, 0.6) is 5.75 Å². The van der Waals surface area contributed by atoms with Gasteiger partial charge in [-0.15, -0.1) is 0 Å². The van der Waals surface area contributed by atoms with Crippen LogP contribution in [0.4, 0.5) is 0 Å². The molecule has 1 rings (SSSR count). The van der Waals surface area contributed by atoms with Gasteiger partial charge >= 0.3 is 5.97 Å². The van der Waals surface area contributed by atoms with E-state index < -0.39 is 12.1 Å². The van der Waals surface area contributed by atoms with E-state index in [1.165, 1.54) is 45.4 Å². The van der Waals surface area contributed by atoms with Crippen LogP contribution in [0.1, 0.15) is 64.9 Å². The van der Waals surface area contributed by atoms with E-state index in [9.17, 15) is 9.90 Å². The topological polar surface area (TPSA) is 107 Å². The Morgan fingerprint density at radius 1 is 1.12 bits per heavy atom. The largest absolute Gasteiger partial charge is 0.508 e. The number of aliphatic hydroxyl groups is 2. The van der Waals surface area contributed by atoms with E-state index in [-0.39, 0.29) is 6.61 Å². The molecular weight excluding hydrogens is 324 g/mol. The van der Waals surface area contributed by atoms with Crippen LogP contribution in [-0.4, -0.2) is 39.3 Å². The van der Waals surface area contributed by atoms with Gasteiger partial charge in [0.1, 0.15) is 5.75 Å². The molecule has 0 fully saturated rings. The zero-order chi connectivity index (χ0) is 19.5. The van der Waals surface area contributed by atoms with E-state index in [1.807, 2.05) is 18.2 Å². The normalized spacial score (nSPS) is 10.6. The van der Waals surface area contributed by atoms with Crippen molar-refractivity contribution < 1.29 is 30.3 Å². The number of phenolic OH excluding ortho intramolecular Hbond substituents is 1. The minimum atomic E-state index is -0.690. The SMILES string of the molecule is CC(=O)OO.CC(O)CO.CCCCCCCCc1ccccc1O. The maximum absolute atomic E-state index is 9.55. The molecule has 0 aliphatic rings. The van der Waals surface area contributed by atoms with Crippen molar-refractivity contribution in [3.8, 4) is 5.75 Å². The van der Waals surface area contributed by atoms with Gasteiger partial charge in [0.15, 0.2) is 0 Å². The number of rotatable bonds is 8. The summed E-state index contributed by atoms with van der Waals surface area (Å²) in [6, 6.07) is 7.65. The molecule has 6 heteroatoms. The first-order valence-corrected chi connectivity index (χ1v) is 8.76. The van der Waals surface area contributed by atoms with Crippen molar-refractivity contribution in [3.05, 3.63) is 29.8 Å². The second-order valence-corrected chi connectivity index (χ2v) is 5.76. The van der Waals surface area contributed by atoms with Crippen LogP contribution in [-0.2, 0) is 16.1 Å². The van der Waals surface area contributed by atoms with E-state index >= 15 is 0 Å². The number of unbranched alkanes of at least 4 members (excludes halogenated alkanes) is 5. The van der Waals surface area contributed by atoms with Gasteiger partial charge in [0.2, 0.25) is 0 Å². The number of aromatic hydroxyl groups is 1. The summed E-state index contributed by atoms with van der Waals surface area (Å²) in [5.74, 6) is -0.240. The zero-order valence-corrected chi connectivity index (χ0v) is 15.6. The third-order valence-electron chi connectivity index (χ3n) is 3.18. The van der Waals surface area contributed by atoms with Gasteiger partial charge in [-0.05, 0) is 31.4 Å². The van der Waals surface area contributed by atoms with Gasteiger partial charge in [-0.2, -0.15) is 5.26 Å². The average molecular weight is 358 g/mol. The molecule has 1 unspecified atom stereocenters. The predicted octanol–water partition coefficient (Wildman–Crippen LogP) is 3.68. The molecule has 0 radical (unpaired) electrons. The van der Waals surface area contributed by atoms with Crippen molar-refractivity contribution in [1.82, 2.24) is 0 Å². The standard InChI is InChI=1S/C14H22O.C3H8O2.C2H4O3/c1-2-3-4-5-6-7-10-13-11-8-9-12-14(13)15;1-3(5)2-4;1-2(3)5-4/h8-9,11-12,15H,2-7,10H2,1H3;3-5H,2H2,1H3;4H,1H3. The van der Waals surface area contributed by atoms with Gasteiger partial charge in [-0.3, -0.25) is 0 Å². The van der Waals surface area contributed by atoms with Crippen LogP contribution in [0.2, 0.25) is 0 Å². The summed E-state index contributed by atoms with van der Waals surface area (Å²) in [6.45, 7) is 4.74. The third-order valence-corrected chi connectivity index (χ3v) is 3.18. The van der Waals surface area contributed by atoms with Gasteiger partial charge in [0, 0.05) is 6.92 Å². The summed E-state index contributed by atoms with van der Waals surface area (Å²) in [5, 5.41) is 32.8. The minimum Gasteiger partial charge on any atom is -0.508 e. The lowest BCUT2D eigenvalue weighted by Crippen LogP contribution is -2.03. The number of aryl methyl sites for hydroxylation is 1. The van der Waals surface area contributed by atoms with Gasteiger partial charge in [-0.1, -0.05) is 57.2 Å².